The summed E-state index contributed by atoms with van der Waals surface area (Å²) in [4.78, 5) is 0.236. The lowest BCUT2D eigenvalue weighted by atomic mass is 10.2. The van der Waals surface area contributed by atoms with E-state index in [2.05, 4.69) is 11.8 Å². The summed E-state index contributed by atoms with van der Waals surface area (Å²) in [6, 6.07) is 6.73. The Labute approximate surface area is 119 Å². The Kier molecular flexibility index (Phi) is 6.38. The number of nitrogens with zero attached hydrogens (tertiary/aromatic N) is 1. The van der Waals surface area contributed by atoms with Gasteiger partial charge in [-0.2, -0.15) is 11.8 Å². The molecule has 0 bridgehead atoms. The summed E-state index contributed by atoms with van der Waals surface area (Å²) in [5, 5.41) is 0. The normalized spacial score (nSPS) is 11.2. The molecule has 104 valence electrons. The molecule has 1 aromatic rings. The van der Waals surface area contributed by atoms with E-state index in [1.54, 1.807) is 43.1 Å². The lowest BCUT2D eigenvalue weighted by Crippen LogP contribution is -2.29. The first kappa shape index (κ1) is 16.1. The third-order valence-electron chi connectivity index (χ3n) is 2.51. The first-order valence-corrected chi connectivity index (χ1v) is 8.60. The zero-order valence-electron chi connectivity index (χ0n) is 11.1. The van der Waals surface area contributed by atoms with E-state index in [1.807, 2.05) is 6.26 Å². The van der Waals surface area contributed by atoms with Crippen molar-refractivity contribution in [1.82, 2.24) is 4.31 Å². The zero-order chi connectivity index (χ0) is 14.3. The highest BCUT2D eigenvalue weighted by Gasteiger charge is 2.22. The SMILES string of the molecule is CSCCN(C)S(=O)(=O)c1ccccc1C#CCN. The van der Waals surface area contributed by atoms with Gasteiger partial charge in [0, 0.05) is 24.9 Å². The number of sulfonamides is 1. The van der Waals surface area contributed by atoms with Crippen molar-refractivity contribution in [2.24, 2.45) is 5.73 Å². The first-order chi connectivity index (χ1) is 9.04. The standard InChI is InChI=1S/C13H18N2O2S2/c1-15(10-11-18-2)19(16,17)13-8-4-3-6-12(13)7-5-9-14/h3-4,6,8H,9-11,14H2,1-2H3. The predicted octanol–water partition coefficient (Wildman–Crippen LogP) is 0.980. The van der Waals surface area contributed by atoms with Crippen molar-refractivity contribution >= 4 is 21.8 Å². The molecule has 4 nitrogen and oxygen atoms in total. The van der Waals surface area contributed by atoms with E-state index in [1.165, 1.54) is 4.31 Å². The highest BCUT2D eigenvalue weighted by Crippen LogP contribution is 2.18. The summed E-state index contributed by atoms with van der Waals surface area (Å²) >= 11 is 1.61. The molecule has 0 aromatic heterocycles. The fourth-order valence-electron chi connectivity index (χ4n) is 1.45. The summed E-state index contributed by atoms with van der Waals surface area (Å²) in [6.07, 6.45) is 1.95. The van der Waals surface area contributed by atoms with E-state index in [4.69, 9.17) is 5.73 Å². The largest absolute Gasteiger partial charge is 0.320 e. The molecule has 0 aliphatic heterocycles. The van der Waals surface area contributed by atoms with Gasteiger partial charge in [-0.1, -0.05) is 24.0 Å². The van der Waals surface area contributed by atoms with Crippen LogP contribution in [0.5, 0.6) is 0 Å². The van der Waals surface area contributed by atoms with E-state index in [0.717, 1.165) is 5.75 Å². The minimum Gasteiger partial charge on any atom is -0.320 e. The second kappa shape index (κ2) is 7.56. The van der Waals surface area contributed by atoms with Gasteiger partial charge in [-0.25, -0.2) is 12.7 Å². The van der Waals surface area contributed by atoms with Gasteiger partial charge in [-0.05, 0) is 18.4 Å². The van der Waals surface area contributed by atoms with Crippen LogP contribution in [0.4, 0.5) is 0 Å². The second-order valence-electron chi connectivity index (χ2n) is 3.82. The summed E-state index contributed by atoms with van der Waals surface area (Å²) in [7, 11) is -1.91. The van der Waals surface area contributed by atoms with Gasteiger partial charge >= 0.3 is 0 Å². The molecule has 0 spiro atoms. The quantitative estimate of drug-likeness (QED) is 0.823. The van der Waals surface area contributed by atoms with Gasteiger partial charge in [0.2, 0.25) is 10.0 Å². The van der Waals surface area contributed by atoms with Gasteiger partial charge in [0.15, 0.2) is 0 Å². The maximum atomic E-state index is 12.4. The second-order valence-corrected chi connectivity index (χ2v) is 6.82. The van der Waals surface area contributed by atoms with Crippen molar-refractivity contribution < 1.29 is 8.42 Å². The zero-order valence-corrected chi connectivity index (χ0v) is 12.7. The van der Waals surface area contributed by atoms with Crippen LogP contribution in [0.15, 0.2) is 29.2 Å². The van der Waals surface area contributed by atoms with Gasteiger partial charge in [0.05, 0.1) is 11.4 Å². The molecule has 0 radical (unpaired) electrons. The van der Waals surface area contributed by atoms with Gasteiger partial charge in [0.25, 0.3) is 0 Å². The van der Waals surface area contributed by atoms with E-state index in [0.29, 0.717) is 12.1 Å². The Morgan fingerprint density at radius 1 is 1.37 bits per heavy atom. The minimum atomic E-state index is -3.50. The number of benzene rings is 1. The minimum absolute atomic E-state index is 0.205. The highest BCUT2D eigenvalue weighted by molar-refractivity contribution is 7.98. The van der Waals surface area contributed by atoms with E-state index in [9.17, 15) is 8.42 Å². The van der Waals surface area contributed by atoms with Crippen LogP contribution in [0, 0.1) is 11.8 Å². The molecule has 0 amide bonds. The molecule has 0 saturated carbocycles. The fraction of sp³-hybridized carbons (Fsp3) is 0.385. The molecule has 0 fully saturated rings. The molecule has 1 aromatic carbocycles. The van der Waals surface area contributed by atoms with Crippen LogP contribution in [0.3, 0.4) is 0 Å². The molecule has 0 heterocycles. The molecule has 6 heteroatoms. The van der Waals surface area contributed by atoms with Crippen LogP contribution in [0.25, 0.3) is 0 Å². The van der Waals surface area contributed by atoms with Crippen LogP contribution in [-0.4, -0.2) is 44.9 Å². The molecular weight excluding hydrogens is 280 g/mol. The summed E-state index contributed by atoms with van der Waals surface area (Å²) in [6.45, 7) is 0.679. The number of hydrogen-bond acceptors (Lipinski definition) is 4. The topological polar surface area (TPSA) is 63.4 Å². The summed E-state index contributed by atoms with van der Waals surface area (Å²) < 4.78 is 26.2. The average molecular weight is 298 g/mol. The third-order valence-corrected chi connectivity index (χ3v) is 5.02. The van der Waals surface area contributed by atoms with Crippen molar-refractivity contribution in [3.05, 3.63) is 29.8 Å². The summed E-state index contributed by atoms with van der Waals surface area (Å²) in [5.74, 6) is 6.25. The van der Waals surface area contributed by atoms with E-state index < -0.39 is 10.0 Å². The highest BCUT2D eigenvalue weighted by atomic mass is 32.2. The fourth-order valence-corrected chi connectivity index (χ4v) is 3.34. The van der Waals surface area contributed by atoms with Crippen LogP contribution in [0.1, 0.15) is 5.56 Å². The van der Waals surface area contributed by atoms with Crippen LogP contribution < -0.4 is 5.73 Å². The molecule has 19 heavy (non-hydrogen) atoms. The van der Waals surface area contributed by atoms with Crippen molar-refractivity contribution in [2.45, 2.75) is 4.90 Å². The van der Waals surface area contributed by atoms with Crippen LogP contribution in [-0.2, 0) is 10.0 Å². The molecule has 1 rings (SSSR count). The van der Waals surface area contributed by atoms with Crippen molar-refractivity contribution in [3.8, 4) is 11.8 Å². The van der Waals surface area contributed by atoms with Crippen LogP contribution in [0.2, 0.25) is 0 Å². The smallest absolute Gasteiger partial charge is 0.244 e. The average Bonchev–Trinajstić information content (AvgIpc) is 2.42. The number of rotatable bonds is 5. The lowest BCUT2D eigenvalue weighted by molar-refractivity contribution is 0.488. The molecular formula is C13H18N2O2S2. The third kappa shape index (κ3) is 4.25. The van der Waals surface area contributed by atoms with Gasteiger partial charge < -0.3 is 5.73 Å². The van der Waals surface area contributed by atoms with Crippen molar-refractivity contribution in [2.75, 3.05) is 32.1 Å². The van der Waals surface area contributed by atoms with E-state index >= 15 is 0 Å². The molecule has 2 N–H and O–H groups in total. The monoisotopic (exact) mass is 298 g/mol. The van der Waals surface area contributed by atoms with Crippen LogP contribution >= 0.6 is 11.8 Å². The Morgan fingerprint density at radius 3 is 2.68 bits per heavy atom. The molecule has 0 atom stereocenters. The molecule has 0 aliphatic carbocycles. The number of hydrogen-bond donors (Lipinski definition) is 1. The van der Waals surface area contributed by atoms with Crippen molar-refractivity contribution in [1.29, 1.82) is 0 Å². The van der Waals surface area contributed by atoms with Gasteiger partial charge in [0.1, 0.15) is 0 Å². The molecule has 0 unspecified atom stereocenters. The maximum absolute atomic E-state index is 12.4. The van der Waals surface area contributed by atoms with Gasteiger partial charge in [-0.3, -0.25) is 0 Å². The lowest BCUT2D eigenvalue weighted by Gasteiger charge is -2.17. The number of nitrogens with two attached hydrogens (primary N) is 1. The Balaban J connectivity index is 3.14. The van der Waals surface area contributed by atoms with E-state index in [-0.39, 0.29) is 11.4 Å². The first-order valence-electron chi connectivity index (χ1n) is 5.77. The Bertz CT molecular complexity index is 574. The van der Waals surface area contributed by atoms with Gasteiger partial charge in [-0.15, -0.1) is 0 Å². The summed E-state index contributed by atoms with van der Waals surface area (Å²) in [5.41, 5.74) is 5.81. The molecule has 0 saturated heterocycles. The predicted molar refractivity (Wildman–Crippen MR) is 80.6 cm³/mol. The number of thioether (sulfide) groups is 1. The Hall–Kier alpha value is -1.00. The molecule has 0 aliphatic rings. The maximum Gasteiger partial charge on any atom is 0.244 e. The Morgan fingerprint density at radius 2 is 2.05 bits per heavy atom. The van der Waals surface area contributed by atoms with Crippen molar-refractivity contribution in [3.63, 3.8) is 0 Å².